The van der Waals surface area contributed by atoms with Crippen molar-refractivity contribution < 1.29 is 28.6 Å². The molecule has 3 aliphatic rings. The van der Waals surface area contributed by atoms with E-state index >= 15 is 0 Å². The van der Waals surface area contributed by atoms with Gasteiger partial charge in [0.25, 0.3) is 0 Å². The average molecular weight is 543 g/mol. The van der Waals surface area contributed by atoms with E-state index in [1.165, 1.54) is 52.0 Å². The van der Waals surface area contributed by atoms with Gasteiger partial charge < -0.3 is 14.2 Å². The van der Waals surface area contributed by atoms with Crippen LogP contribution in [0.3, 0.4) is 0 Å². The molecule has 3 fully saturated rings. The van der Waals surface area contributed by atoms with Gasteiger partial charge in [-0.2, -0.15) is 0 Å². The van der Waals surface area contributed by atoms with Crippen LogP contribution in [0.15, 0.2) is 35.5 Å². The summed E-state index contributed by atoms with van der Waals surface area (Å²) in [5.74, 6) is 0.982. The van der Waals surface area contributed by atoms with Gasteiger partial charge in [0.2, 0.25) is 0 Å². The Bertz CT molecular complexity index is 974. The van der Waals surface area contributed by atoms with Crippen LogP contribution in [0.5, 0.6) is 0 Å². The molecule has 3 saturated carbocycles. The predicted molar refractivity (Wildman–Crippen MR) is 153 cm³/mol. The maximum Gasteiger partial charge on any atom is 0.303 e. The second-order valence-electron chi connectivity index (χ2n) is 13.1. The molecule has 3 rings (SSSR count). The molecule has 0 N–H and O–H groups in total. The second kappa shape index (κ2) is 12.9. The number of hydrogen-bond donors (Lipinski definition) is 0. The van der Waals surface area contributed by atoms with Crippen LogP contribution < -0.4 is 0 Å². The summed E-state index contributed by atoms with van der Waals surface area (Å²) < 4.78 is 16.5. The molecule has 0 aromatic carbocycles. The summed E-state index contributed by atoms with van der Waals surface area (Å²) in [7, 11) is 0. The predicted octanol–water partition coefficient (Wildman–Crippen LogP) is 7.42. The van der Waals surface area contributed by atoms with Gasteiger partial charge in [0, 0.05) is 39.2 Å². The number of allylic oxidation sites excluding steroid dienone is 3. The highest BCUT2D eigenvalue weighted by Crippen LogP contribution is 2.60. The largest absolute Gasteiger partial charge is 0.460 e. The van der Waals surface area contributed by atoms with Crippen LogP contribution in [-0.2, 0) is 28.6 Å². The number of esters is 3. The topological polar surface area (TPSA) is 78.9 Å². The molecule has 6 heteroatoms. The Balaban J connectivity index is 1.70. The molecule has 0 amide bonds. The van der Waals surface area contributed by atoms with Crippen molar-refractivity contribution in [2.24, 2.45) is 23.2 Å². The van der Waals surface area contributed by atoms with E-state index in [1.54, 1.807) is 0 Å². The standard InChI is InChI=1S/C33H50O6/c1-21(11-9-17-32(6,7)39-25(5)36)28-15-16-29-27(12-10-18-33(28,29)8)14-13-26-19-30(37-23(3)34)22(2)31(20-26)38-24(4)35/h13-14,21,28-31H,2,9-12,15-20H2,1,3-8H3/b27-14+/t21-,28?,29?,30+,31+,33+/m0/s1. The summed E-state index contributed by atoms with van der Waals surface area (Å²) in [5.41, 5.74) is 3.20. The van der Waals surface area contributed by atoms with Gasteiger partial charge in [-0.15, -0.1) is 0 Å². The lowest BCUT2D eigenvalue weighted by Gasteiger charge is -2.44. The normalized spacial score (nSPS) is 30.9. The van der Waals surface area contributed by atoms with Crippen molar-refractivity contribution in [1.29, 1.82) is 0 Å². The lowest BCUT2D eigenvalue weighted by Crippen LogP contribution is -2.36. The summed E-state index contributed by atoms with van der Waals surface area (Å²) in [5, 5.41) is 0. The van der Waals surface area contributed by atoms with Gasteiger partial charge in [0.05, 0.1) is 0 Å². The monoisotopic (exact) mass is 542 g/mol. The van der Waals surface area contributed by atoms with Gasteiger partial charge in [-0.1, -0.05) is 50.1 Å². The molecule has 0 saturated heterocycles. The molecule has 0 heterocycles. The minimum atomic E-state index is -0.468. The fourth-order valence-corrected chi connectivity index (χ4v) is 7.73. The molecule has 6 atom stereocenters. The number of rotatable bonds is 9. The molecular formula is C33H50O6. The SMILES string of the molecule is C=C1[C@H](OC(C)=O)CC(=C/C=C2\CCC[C@@]3(C)C2CCC3[C@@H](C)CCCC(C)(C)OC(C)=O)C[C@H]1OC(C)=O. The average Bonchev–Trinajstić information content (AvgIpc) is 3.16. The Hall–Kier alpha value is -2.37. The number of hydrogen-bond acceptors (Lipinski definition) is 6. The van der Waals surface area contributed by atoms with Crippen LogP contribution in [0.4, 0.5) is 0 Å². The summed E-state index contributed by atoms with van der Waals surface area (Å²) in [6.45, 7) is 17.3. The zero-order valence-electron chi connectivity index (χ0n) is 25.3. The maximum absolute atomic E-state index is 11.7. The lowest BCUT2D eigenvalue weighted by atomic mass is 9.60. The highest BCUT2D eigenvalue weighted by Gasteiger charge is 2.50. The van der Waals surface area contributed by atoms with Crippen molar-refractivity contribution in [1.82, 2.24) is 0 Å². The summed E-state index contributed by atoms with van der Waals surface area (Å²) in [4.78, 5) is 34.8. The number of ether oxygens (including phenoxy) is 3. The number of fused-ring (bicyclic) bond motifs is 1. The molecule has 0 aromatic heterocycles. The summed E-state index contributed by atoms with van der Waals surface area (Å²) >= 11 is 0. The first-order valence-corrected chi connectivity index (χ1v) is 14.8. The van der Waals surface area contributed by atoms with E-state index in [-0.39, 0.29) is 17.9 Å². The quantitative estimate of drug-likeness (QED) is 0.171. The first kappa shape index (κ1) is 31.2. The molecule has 0 aliphatic heterocycles. The van der Waals surface area contributed by atoms with E-state index in [2.05, 4.69) is 32.6 Å². The molecular weight excluding hydrogens is 492 g/mol. The van der Waals surface area contributed by atoms with Crippen LogP contribution in [0, 0.1) is 23.2 Å². The Labute approximate surface area is 235 Å². The van der Waals surface area contributed by atoms with Crippen LogP contribution in [0.2, 0.25) is 0 Å². The molecule has 0 radical (unpaired) electrons. The van der Waals surface area contributed by atoms with Crippen LogP contribution in [0.25, 0.3) is 0 Å². The highest BCUT2D eigenvalue weighted by atomic mass is 16.6. The first-order chi connectivity index (χ1) is 18.2. The highest BCUT2D eigenvalue weighted by molar-refractivity contribution is 5.68. The first-order valence-electron chi connectivity index (χ1n) is 14.8. The number of carbonyl (C=O) groups is 3. The Kier molecular flexibility index (Phi) is 10.3. The third-order valence-corrected chi connectivity index (χ3v) is 9.46. The number of carbonyl (C=O) groups excluding carboxylic acids is 3. The van der Waals surface area contributed by atoms with Crippen molar-refractivity contribution in [2.45, 2.75) is 130 Å². The minimum Gasteiger partial charge on any atom is -0.460 e. The fraction of sp³-hybridized carbons (Fsp3) is 0.727. The molecule has 0 aromatic rings. The van der Waals surface area contributed by atoms with Crippen molar-refractivity contribution in [3.05, 3.63) is 35.5 Å². The van der Waals surface area contributed by atoms with E-state index < -0.39 is 17.8 Å². The molecule has 2 unspecified atom stereocenters. The van der Waals surface area contributed by atoms with E-state index in [0.29, 0.717) is 41.6 Å². The molecule has 39 heavy (non-hydrogen) atoms. The second-order valence-corrected chi connectivity index (χ2v) is 13.1. The smallest absolute Gasteiger partial charge is 0.303 e. The van der Waals surface area contributed by atoms with Crippen molar-refractivity contribution in [2.75, 3.05) is 0 Å². The molecule has 218 valence electrons. The Morgan fingerprint density at radius 2 is 1.64 bits per heavy atom. The van der Waals surface area contributed by atoms with Crippen LogP contribution >= 0.6 is 0 Å². The fourth-order valence-electron chi connectivity index (χ4n) is 7.73. The summed E-state index contributed by atoms with van der Waals surface area (Å²) in [6, 6.07) is 0. The van der Waals surface area contributed by atoms with Crippen LogP contribution in [0.1, 0.15) is 113 Å². The zero-order valence-corrected chi connectivity index (χ0v) is 25.3. The molecule has 6 nitrogen and oxygen atoms in total. The van der Waals surface area contributed by atoms with Gasteiger partial charge in [0.1, 0.15) is 17.8 Å². The molecule has 0 bridgehead atoms. The lowest BCUT2D eigenvalue weighted by molar-refractivity contribution is -0.154. The van der Waals surface area contributed by atoms with Gasteiger partial charge in [-0.05, 0) is 82.0 Å². The molecule has 3 aliphatic carbocycles. The third kappa shape index (κ3) is 8.08. The van der Waals surface area contributed by atoms with E-state index in [4.69, 9.17) is 14.2 Å². The van der Waals surface area contributed by atoms with Gasteiger partial charge in [0.15, 0.2) is 0 Å². The van der Waals surface area contributed by atoms with Gasteiger partial charge >= 0.3 is 17.9 Å². The van der Waals surface area contributed by atoms with E-state index in [0.717, 1.165) is 31.3 Å². The van der Waals surface area contributed by atoms with Gasteiger partial charge in [-0.3, -0.25) is 14.4 Å². The Morgan fingerprint density at radius 3 is 2.21 bits per heavy atom. The molecule has 0 spiro atoms. The van der Waals surface area contributed by atoms with Crippen molar-refractivity contribution in [3.8, 4) is 0 Å². The van der Waals surface area contributed by atoms with E-state index in [9.17, 15) is 14.4 Å². The van der Waals surface area contributed by atoms with E-state index in [1.807, 2.05) is 13.8 Å². The van der Waals surface area contributed by atoms with Gasteiger partial charge in [-0.25, -0.2) is 0 Å². The third-order valence-electron chi connectivity index (χ3n) is 9.46. The summed E-state index contributed by atoms with van der Waals surface area (Å²) in [6.07, 6.45) is 13.9. The van der Waals surface area contributed by atoms with Crippen LogP contribution in [-0.4, -0.2) is 35.7 Å². The minimum absolute atomic E-state index is 0.211. The zero-order chi connectivity index (χ0) is 29.0. The van der Waals surface area contributed by atoms with Crippen molar-refractivity contribution in [3.63, 3.8) is 0 Å². The van der Waals surface area contributed by atoms with Crippen molar-refractivity contribution >= 4 is 17.9 Å². The maximum atomic E-state index is 11.7. The Morgan fingerprint density at radius 1 is 1.03 bits per heavy atom.